The Kier molecular flexibility index (Phi) is 6.92. The van der Waals surface area contributed by atoms with E-state index in [2.05, 4.69) is 5.32 Å². The monoisotopic (exact) mass is 373 g/mol. The third-order valence-corrected chi connectivity index (χ3v) is 3.99. The summed E-state index contributed by atoms with van der Waals surface area (Å²) in [5.41, 5.74) is 3.18. The number of nitrogens with one attached hydrogen (secondary N) is 1. The second kappa shape index (κ2) is 9.15. The van der Waals surface area contributed by atoms with Crippen LogP contribution in [-0.4, -0.2) is 24.3 Å². The van der Waals surface area contributed by atoms with Gasteiger partial charge in [-0.05, 0) is 49.7 Å². The lowest BCUT2D eigenvalue weighted by atomic mass is 10.1. The number of aryl methyl sites for hydroxylation is 2. The van der Waals surface area contributed by atoms with Crippen LogP contribution in [0.1, 0.15) is 34.3 Å². The molecule has 0 aromatic heterocycles. The Balaban J connectivity index is 1.74. The summed E-state index contributed by atoms with van der Waals surface area (Å²) in [7, 11) is 0. The molecular weight excluding hydrogens is 354 g/mol. The summed E-state index contributed by atoms with van der Waals surface area (Å²) in [6, 6.07) is 12.1. The molecule has 0 aliphatic heterocycles. The predicted octanol–water partition coefficient (Wildman–Crippen LogP) is 4.10. The number of benzene rings is 2. The Morgan fingerprint density at radius 2 is 1.69 bits per heavy atom. The SMILES string of the molecule is Cc1ccc(NC(=O)COC(=O)CCC(=O)c2ccc(Cl)cc2)c(C)c1. The zero-order valence-corrected chi connectivity index (χ0v) is 15.4. The van der Waals surface area contributed by atoms with Crippen LogP contribution in [0.2, 0.25) is 5.02 Å². The van der Waals surface area contributed by atoms with Gasteiger partial charge in [0.05, 0.1) is 6.42 Å². The lowest BCUT2D eigenvalue weighted by molar-refractivity contribution is -0.147. The second-order valence-corrected chi connectivity index (χ2v) is 6.39. The highest BCUT2D eigenvalue weighted by Crippen LogP contribution is 2.16. The third-order valence-electron chi connectivity index (χ3n) is 3.74. The van der Waals surface area contributed by atoms with Crippen molar-refractivity contribution in [2.75, 3.05) is 11.9 Å². The first-order chi connectivity index (χ1) is 12.3. The lowest BCUT2D eigenvalue weighted by Crippen LogP contribution is -2.21. The molecule has 0 radical (unpaired) electrons. The van der Waals surface area contributed by atoms with E-state index in [-0.39, 0.29) is 25.2 Å². The van der Waals surface area contributed by atoms with Gasteiger partial charge in [0, 0.05) is 22.7 Å². The third kappa shape index (κ3) is 6.01. The number of ether oxygens (including phenoxy) is 1. The van der Waals surface area contributed by atoms with Gasteiger partial charge in [0.25, 0.3) is 5.91 Å². The van der Waals surface area contributed by atoms with Crippen LogP contribution in [0.25, 0.3) is 0 Å². The fourth-order valence-electron chi connectivity index (χ4n) is 2.35. The van der Waals surface area contributed by atoms with E-state index >= 15 is 0 Å². The Labute approximate surface area is 157 Å². The Bertz CT molecular complexity index is 815. The van der Waals surface area contributed by atoms with Crippen LogP contribution in [0.15, 0.2) is 42.5 Å². The summed E-state index contributed by atoms with van der Waals surface area (Å²) in [6.07, 6.45) is -0.0720. The largest absolute Gasteiger partial charge is 0.456 e. The first-order valence-corrected chi connectivity index (χ1v) is 8.54. The van der Waals surface area contributed by atoms with Crippen LogP contribution in [0.5, 0.6) is 0 Å². The average molecular weight is 374 g/mol. The van der Waals surface area contributed by atoms with Crippen molar-refractivity contribution in [3.63, 3.8) is 0 Å². The van der Waals surface area contributed by atoms with Gasteiger partial charge in [-0.1, -0.05) is 29.3 Å². The van der Waals surface area contributed by atoms with Crippen LogP contribution in [-0.2, 0) is 14.3 Å². The van der Waals surface area contributed by atoms with E-state index in [1.54, 1.807) is 30.3 Å². The first kappa shape index (κ1) is 19.7. The fourth-order valence-corrected chi connectivity index (χ4v) is 2.48. The maximum absolute atomic E-state index is 12.0. The van der Waals surface area contributed by atoms with Gasteiger partial charge in [-0.3, -0.25) is 14.4 Å². The molecule has 2 rings (SSSR count). The van der Waals surface area contributed by atoms with Gasteiger partial charge in [-0.2, -0.15) is 0 Å². The minimum atomic E-state index is -0.594. The smallest absolute Gasteiger partial charge is 0.306 e. The number of anilines is 1. The van der Waals surface area contributed by atoms with Crippen molar-refractivity contribution in [3.8, 4) is 0 Å². The molecule has 1 amide bonds. The number of Topliss-reactive ketones (excluding diaryl/α,β-unsaturated/α-hetero) is 1. The van der Waals surface area contributed by atoms with Crippen LogP contribution in [0.3, 0.4) is 0 Å². The number of amides is 1. The van der Waals surface area contributed by atoms with Crippen molar-refractivity contribution in [2.45, 2.75) is 26.7 Å². The topological polar surface area (TPSA) is 72.5 Å². The number of hydrogen-bond donors (Lipinski definition) is 1. The number of carbonyl (C=O) groups excluding carboxylic acids is 3. The zero-order chi connectivity index (χ0) is 19.1. The van der Waals surface area contributed by atoms with E-state index in [4.69, 9.17) is 16.3 Å². The number of ketones is 1. The molecule has 0 unspecified atom stereocenters. The highest BCUT2D eigenvalue weighted by molar-refractivity contribution is 6.30. The number of halogens is 1. The molecule has 0 heterocycles. The van der Waals surface area contributed by atoms with Crippen molar-refractivity contribution in [1.29, 1.82) is 0 Å². The Hall–Kier alpha value is -2.66. The molecule has 0 saturated heterocycles. The molecular formula is C20H20ClNO4. The minimum Gasteiger partial charge on any atom is -0.456 e. The van der Waals surface area contributed by atoms with E-state index in [0.717, 1.165) is 11.1 Å². The molecule has 26 heavy (non-hydrogen) atoms. The molecule has 1 N–H and O–H groups in total. The quantitative estimate of drug-likeness (QED) is 0.585. The summed E-state index contributed by atoms with van der Waals surface area (Å²) in [6.45, 7) is 3.46. The highest BCUT2D eigenvalue weighted by Gasteiger charge is 2.12. The van der Waals surface area contributed by atoms with Crippen LogP contribution in [0.4, 0.5) is 5.69 Å². The predicted molar refractivity (Wildman–Crippen MR) is 101 cm³/mol. The van der Waals surface area contributed by atoms with Crippen LogP contribution in [0, 0.1) is 13.8 Å². The summed E-state index contributed by atoms with van der Waals surface area (Å²) < 4.78 is 4.92. The van der Waals surface area contributed by atoms with Gasteiger partial charge in [-0.15, -0.1) is 0 Å². The maximum Gasteiger partial charge on any atom is 0.306 e. The van der Waals surface area contributed by atoms with Gasteiger partial charge in [0.1, 0.15) is 0 Å². The van der Waals surface area contributed by atoms with E-state index in [0.29, 0.717) is 16.3 Å². The molecule has 0 bridgehead atoms. The average Bonchev–Trinajstić information content (AvgIpc) is 2.61. The second-order valence-electron chi connectivity index (χ2n) is 5.96. The lowest BCUT2D eigenvalue weighted by Gasteiger charge is -2.09. The molecule has 5 nitrogen and oxygen atoms in total. The van der Waals surface area contributed by atoms with Crippen LogP contribution < -0.4 is 5.32 Å². The van der Waals surface area contributed by atoms with Gasteiger partial charge in [-0.25, -0.2) is 0 Å². The van der Waals surface area contributed by atoms with E-state index in [1.165, 1.54) is 0 Å². The standard InChI is InChI=1S/C20H20ClNO4/c1-13-3-8-17(14(2)11-13)22-19(24)12-26-20(25)10-9-18(23)15-4-6-16(21)7-5-15/h3-8,11H,9-10,12H2,1-2H3,(H,22,24). The fraction of sp³-hybridized carbons (Fsp3) is 0.250. The van der Waals surface area contributed by atoms with Crippen molar-refractivity contribution >= 4 is 34.9 Å². The minimum absolute atomic E-state index is 0.0131. The molecule has 0 fully saturated rings. The molecule has 136 valence electrons. The summed E-state index contributed by atoms with van der Waals surface area (Å²) in [4.78, 5) is 35.6. The summed E-state index contributed by atoms with van der Waals surface area (Å²) >= 11 is 5.77. The van der Waals surface area contributed by atoms with Crippen molar-refractivity contribution in [1.82, 2.24) is 0 Å². The molecule has 0 atom stereocenters. The van der Waals surface area contributed by atoms with Crippen molar-refractivity contribution in [3.05, 3.63) is 64.2 Å². The zero-order valence-electron chi connectivity index (χ0n) is 14.7. The number of rotatable bonds is 7. The first-order valence-electron chi connectivity index (χ1n) is 8.16. The van der Waals surface area contributed by atoms with Gasteiger partial charge in [0.2, 0.25) is 0 Å². The van der Waals surface area contributed by atoms with Crippen LogP contribution >= 0.6 is 11.6 Å². The van der Waals surface area contributed by atoms with Gasteiger partial charge < -0.3 is 10.1 Å². The number of carbonyl (C=O) groups is 3. The Morgan fingerprint density at radius 1 is 1.00 bits per heavy atom. The van der Waals surface area contributed by atoms with Gasteiger partial charge in [0.15, 0.2) is 12.4 Å². The molecule has 2 aromatic carbocycles. The van der Waals surface area contributed by atoms with E-state index in [9.17, 15) is 14.4 Å². The highest BCUT2D eigenvalue weighted by atomic mass is 35.5. The Morgan fingerprint density at radius 3 is 2.35 bits per heavy atom. The summed E-state index contributed by atoms with van der Waals surface area (Å²) in [5, 5.41) is 3.23. The normalized spacial score (nSPS) is 10.3. The number of hydrogen-bond acceptors (Lipinski definition) is 4. The molecule has 0 aliphatic rings. The molecule has 2 aromatic rings. The number of esters is 1. The maximum atomic E-state index is 12.0. The van der Waals surface area contributed by atoms with E-state index < -0.39 is 11.9 Å². The molecule has 6 heteroatoms. The summed E-state index contributed by atoms with van der Waals surface area (Å²) in [5.74, 6) is -1.20. The van der Waals surface area contributed by atoms with Gasteiger partial charge >= 0.3 is 5.97 Å². The van der Waals surface area contributed by atoms with E-state index in [1.807, 2.05) is 26.0 Å². The molecule has 0 aliphatic carbocycles. The molecule has 0 spiro atoms. The molecule has 0 saturated carbocycles. The van der Waals surface area contributed by atoms with Crippen molar-refractivity contribution in [2.24, 2.45) is 0 Å². The van der Waals surface area contributed by atoms with Crippen molar-refractivity contribution < 1.29 is 19.1 Å².